The van der Waals surface area contributed by atoms with Gasteiger partial charge in [0.05, 0.1) is 12.8 Å². The monoisotopic (exact) mass is 359 g/mol. The molecule has 2 aromatic heterocycles. The third-order valence-corrected chi connectivity index (χ3v) is 4.49. The molecule has 0 aliphatic heterocycles. The van der Waals surface area contributed by atoms with E-state index in [0.29, 0.717) is 5.76 Å². The van der Waals surface area contributed by atoms with Crippen LogP contribution in [0.25, 0.3) is 11.8 Å². The van der Waals surface area contributed by atoms with Gasteiger partial charge in [0.1, 0.15) is 17.4 Å². The van der Waals surface area contributed by atoms with E-state index in [-0.39, 0.29) is 12.1 Å². The SMILES string of the molecule is Cc1ccccc1-n1c(C)cc(C=C(C#N)C(=O)NCc2ccco2)c1C. The lowest BCUT2D eigenvalue weighted by Crippen LogP contribution is -2.23. The molecular weight excluding hydrogens is 338 g/mol. The summed E-state index contributed by atoms with van der Waals surface area (Å²) in [4.78, 5) is 12.4. The van der Waals surface area contributed by atoms with Gasteiger partial charge >= 0.3 is 0 Å². The first-order valence-corrected chi connectivity index (χ1v) is 8.68. The molecule has 0 radical (unpaired) electrons. The molecule has 0 fully saturated rings. The van der Waals surface area contributed by atoms with E-state index >= 15 is 0 Å². The second-order valence-corrected chi connectivity index (χ2v) is 6.38. The zero-order valence-corrected chi connectivity index (χ0v) is 15.6. The van der Waals surface area contributed by atoms with Crippen molar-refractivity contribution in [1.82, 2.24) is 9.88 Å². The highest BCUT2D eigenvalue weighted by atomic mass is 16.3. The molecule has 0 aliphatic rings. The standard InChI is InChI=1S/C22H21N3O2/c1-15-7-4-5-9-21(15)25-16(2)11-18(17(25)3)12-19(13-23)22(26)24-14-20-8-6-10-27-20/h4-12H,14H2,1-3H3,(H,24,26). The maximum Gasteiger partial charge on any atom is 0.262 e. The molecule has 136 valence electrons. The molecule has 1 N–H and O–H groups in total. The molecule has 0 spiro atoms. The van der Waals surface area contributed by atoms with Crippen molar-refractivity contribution in [3.63, 3.8) is 0 Å². The maximum absolute atomic E-state index is 12.4. The van der Waals surface area contributed by atoms with Crippen LogP contribution in [-0.2, 0) is 11.3 Å². The predicted molar refractivity (Wildman–Crippen MR) is 104 cm³/mol. The number of furan rings is 1. The number of nitriles is 1. The van der Waals surface area contributed by atoms with E-state index in [9.17, 15) is 10.1 Å². The van der Waals surface area contributed by atoms with Crippen LogP contribution in [0.5, 0.6) is 0 Å². The number of aryl methyl sites for hydroxylation is 2. The highest BCUT2D eigenvalue weighted by Gasteiger charge is 2.14. The number of hydrogen-bond donors (Lipinski definition) is 1. The number of nitrogens with zero attached hydrogens (tertiary/aromatic N) is 2. The van der Waals surface area contributed by atoms with E-state index in [4.69, 9.17) is 4.42 Å². The number of nitrogens with one attached hydrogen (secondary N) is 1. The normalized spacial score (nSPS) is 11.3. The molecule has 3 aromatic rings. The van der Waals surface area contributed by atoms with Gasteiger partial charge in [0.25, 0.3) is 5.91 Å². The van der Waals surface area contributed by atoms with Crippen molar-refractivity contribution in [2.75, 3.05) is 0 Å². The van der Waals surface area contributed by atoms with Gasteiger partial charge in [-0.3, -0.25) is 4.79 Å². The molecule has 1 aromatic carbocycles. The summed E-state index contributed by atoms with van der Waals surface area (Å²) in [6.07, 6.45) is 3.18. The molecular formula is C22H21N3O2. The first-order chi connectivity index (χ1) is 13.0. The third-order valence-electron chi connectivity index (χ3n) is 4.49. The summed E-state index contributed by atoms with van der Waals surface area (Å²) in [6.45, 7) is 6.31. The molecule has 27 heavy (non-hydrogen) atoms. The Balaban J connectivity index is 1.89. The highest BCUT2D eigenvalue weighted by molar-refractivity contribution is 6.01. The van der Waals surface area contributed by atoms with E-state index in [1.165, 1.54) is 0 Å². The molecule has 0 saturated heterocycles. The molecule has 5 heteroatoms. The van der Waals surface area contributed by atoms with Gasteiger partial charge in [0.15, 0.2) is 0 Å². The lowest BCUT2D eigenvalue weighted by Gasteiger charge is -2.12. The van der Waals surface area contributed by atoms with Crippen molar-refractivity contribution < 1.29 is 9.21 Å². The number of carbonyl (C=O) groups excluding carboxylic acids is 1. The Morgan fingerprint density at radius 1 is 1.22 bits per heavy atom. The van der Waals surface area contributed by atoms with Gasteiger partial charge in [-0.05, 0) is 62.2 Å². The van der Waals surface area contributed by atoms with Gasteiger partial charge < -0.3 is 14.3 Å². The van der Waals surface area contributed by atoms with E-state index in [2.05, 4.69) is 28.9 Å². The van der Waals surface area contributed by atoms with Crippen molar-refractivity contribution in [3.8, 4) is 11.8 Å². The Morgan fingerprint density at radius 2 is 2.00 bits per heavy atom. The van der Waals surface area contributed by atoms with Gasteiger partial charge in [0, 0.05) is 17.1 Å². The average Bonchev–Trinajstić information content (AvgIpc) is 3.27. The maximum atomic E-state index is 12.4. The number of aromatic nitrogens is 1. The predicted octanol–water partition coefficient (Wildman–Crippen LogP) is 4.22. The Hall–Kier alpha value is -3.52. The van der Waals surface area contributed by atoms with Gasteiger partial charge in [0.2, 0.25) is 0 Å². The highest BCUT2D eigenvalue weighted by Crippen LogP contribution is 2.24. The fourth-order valence-electron chi connectivity index (χ4n) is 3.10. The number of rotatable bonds is 5. The second kappa shape index (κ2) is 7.79. The van der Waals surface area contributed by atoms with Gasteiger partial charge in [-0.2, -0.15) is 5.26 Å². The van der Waals surface area contributed by atoms with Crippen LogP contribution in [0, 0.1) is 32.1 Å². The molecule has 5 nitrogen and oxygen atoms in total. The zero-order chi connectivity index (χ0) is 19.4. The van der Waals surface area contributed by atoms with E-state index in [1.807, 2.05) is 38.1 Å². The minimum Gasteiger partial charge on any atom is -0.467 e. The molecule has 0 unspecified atom stereocenters. The van der Waals surface area contributed by atoms with Crippen LogP contribution in [0.3, 0.4) is 0 Å². The minimum atomic E-state index is -0.422. The first kappa shape index (κ1) is 18.3. The summed E-state index contributed by atoms with van der Waals surface area (Å²) in [6, 6.07) is 15.6. The summed E-state index contributed by atoms with van der Waals surface area (Å²) in [5.74, 6) is 0.216. The Bertz CT molecular complexity index is 1030. The van der Waals surface area contributed by atoms with Crippen LogP contribution in [-0.4, -0.2) is 10.5 Å². The number of hydrogen-bond acceptors (Lipinski definition) is 3. The summed E-state index contributed by atoms with van der Waals surface area (Å²) in [7, 11) is 0. The first-order valence-electron chi connectivity index (χ1n) is 8.68. The van der Waals surface area contributed by atoms with Crippen molar-refractivity contribution in [2.45, 2.75) is 27.3 Å². The van der Waals surface area contributed by atoms with Crippen LogP contribution < -0.4 is 5.32 Å². The summed E-state index contributed by atoms with van der Waals surface area (Å²) in [5.41, 5.74) is 5.18. The minimum absolute atomic E-state index is 0.0617. The molecule has 1 amide bonds. The molecule has 0 atom stereocenters. The van der Waals surface area contributed by atoms with Crippen LogP contribution in [0.1, 0.15) is 28.3 Å². The van der Waals surface area contributed by atoms with Crippen molar-refractivity contribution in [1.29, 1.82) is 5.26 Å². The van der Waals surface area contributed by atoms with E-state index < -0.39 is 5.91 Å². The number of carbonyl (C=O) groups is 1. The molecule has 0 saturated carbocycles. The Morgan fingerprint density at radius 3 is 2.67 bits per heavy atom. The fourth-order valence-corrected chi connectivity index (χ4v) is 3.10. The average molecular weight is 359 g/mol. The summed E-state index contributed by atoms with van der Waals surface area (Å²) >= 11 is 0. The van der Waals surface area contributed by atoms with E-state index in [1.54, 1.807) is 24.5 Å². The number of benzene rings is 1. The van der Waals surface area contributed by atoms with Crippen LogP contribution in [0.2, 0.25) is 0 Å². The largest absolute Gasteiger partial charge is 0.467 e. The lowest BCUT2D eigenvalue weighted by molar-refractivity contribution is -0.117. The van der Waals surface area contributed by atoms with Crippen LogP contribution >= 0.6 is 0 Å². The molecule has 0 bridgehead atoms. The van der Waals surface area contributed by atoms with Gasteiger partial charge in [-0.15, -0.1) is 0 Å². The van der Waals surface area contributed by atoms with Crippen molar-refractivity contribution in [3.05, 3.63) is 82.6 Å². The van der Waals surface area contributed by atoms with Crippen LogP contribution in [0.15, 0.2) is 58.7 Å². The number of para-hydroxylation sites is 1. The lowest BCUT2D eigenvalue weighted by atomic mass is 10.1. The zero-order valence-electron chi connectivity index (χ0n) is 15.6. The van der Waals surface area contributed by atoms with Crippen molar-refractivity contribution in [2.24, 2.45) is 0 Å². The molecule has 3 rings (SSSR count). The van der Waals surface area contributed by atoms with Crippen LogP contribution in [0.4, 0.5) is 0 Å². The van der Waals surface area contributed by atoms with Gasteiger partial charge in [-0.25, -0.2) is 0 Å². The molecule has 2 heterocycles. The number of amides is 1. The Kier molecular flexibility index (Phi) is 5.28. The molecule has 0 aliphatic carbocycles. The van der Waals surface area contributed by atoms with Gasteiger partial charge in [-0.1, -0.05) is 18.2 Å². The van der Waals surface area contributed by atoms with E-state index in [0.717, 1.165) is 28.2 Å². The topological polar surface area (TPSA) is 71.0 Å². The third kappa shape index (κ3) is 3.85. The Labute approximate surface area is 158 Å². The fraction of sp³-hybridized carbons (Fsp3) is 0.182. The smallest absolute Gasteiger partial charge is 0.262 e. The second-order valence-electron chi connectivity index (χ2n) is 6.38. The van der Waals surface area contributed by atoms with Crippen molar-refractivity contribution >= 4 is 12.0 Å². The quantitative estimate of drug-likeness (QED) is 0.548. The summed E-state index contributed by atoms with van der Waals surface area (Å²) < 4.78 is 7.33. The summed E-state index contributed by atoms with van der Waals surface area (Å²) in [5, 5.41) is 12.1.